The number of anilines is 3. The van der Waals surface area contributed by atoms with Gasteiger partial charge in [-0.2, -0.15) is 15.0 Å². The molecule has 1 amide bonds. The molecule has 0 bridgehead atoms. The van der Waals surface area contributed by atoms with Crippen molar-refractivity contribution in [2.24, 2.45) is 0 Å². The van der Waals surface area contributed by atoms with Crippen molar-refractivity contribution >= 4 is 34.7 Å². The van der Waals surface area contributed by atoms with E-state index in [1.165, 1.54) is 23.6 Å². The van der Waals surface area contributed by atoms with E-state index in [2.05, 4.69) is 19.9 Å². The molecule has 0 saturated carbocycles. The standard InChI is InChI=1S/C26H34F2N8O5/c1-26(2,3)41-25(37)33(4)16-14-17-19(18(15-16)38-5)29-21(20(27)28)36(17)24-31-22(34-6-10-39-11-7-34)30-23(32-24)35-8-12-40-13-9-35/h14-15,20H,6-13H2,1-5H3. The maximum absolute atomic E-state index is 14.5. The van der Waals surface area contributed by atoms with Crippen molar-refractivity contribution in [1.29, 1.82) is 0 Å². The van der Waals surface area contributed by atoms with E-state index in [0.29, 0.717) is 70.2 Å². The van der Waals surface area contributed by atoms with Gasteiger partial charge in [-0.05, 0) is 26.8 Å². The van der Waals surface area contributed by atoms with Crippen molar-refractivity contribution in [3.63, 3.8) is 0 Å². The Hall–Kier alpha value is -3.85. The third-order valence-corrected chi connectivity index (χ3v) is 6.59. The SMILES string of the molecule is COc1cc(N(C)C(=O)OC(C)(C)C)cc2c1nc(C(F)F)n2-c1nc(N2CCOCC2)nc(N2CCOCC2)n1. The highest BCUT2D eigenvalue weighted by Gasteiger charge is 2.29. The number of benzene rings is 1. The molecule has 4 heterocycles. The Morgan fingerprint density at radius 1 is 0.927 bits per heavy atom. The molecule has 5 rings (SSSR count). The molecule has 2 aliphatic rings. The van der Waals surface area contributed by atoms with E-state index >= 15 is 0 Å². The van der Waals surface area contributed by atoms with Gasteiger partial charge < -0.3 is 28.7 Å². The zero-order valence-corrected chi connectivity index (χ0v) is 23.8. The van der Waals surface area contributed by atoms with Crippen LogP contribution in [0.15, 0.2) is 12.1 Å². The molecule has 41 heavy (non-hydrogen) atoms. The number of morpholine rings is 2. The summed E-state index contributed by atoms with van der Waals surface area (Å²) in [5, 5.41) is 0. The molecule has 2 saturated heterocycles. The Labute approximate surface area is 236 Å². The summed E-state index contributed by atoms with van der Waals surface area (Å²) in [6, 6.07) is 3.11. The molecule has 222 valence electrons. The Balaban J connectivity index is 1.69. The zero-order valence-electron chi connectivity index (χ0n) is 23.8. The van der Waals surface area contributed by atoms with Crippen LogP contribution in [0.3, 0.4) is 0 Å². The van der Waals surface area contributed by atoms with Crippen molar-refractivity contribution in [2.75, 3.05) is 81.5 Å². The van der Waals surface area contributed by atoms with Crippen molar-refractivity contribution in [3.05, 3.63) is 18.0 Å². The third-order valence-electron chi connectivity index (χ3n) is 6.59. The number of fused-ring (bicyclic) bond motifs is 1. The summed E-state index contributed by atoms with van der Waals surface area (Å²) in [5.74, 6) is 0.290. The van der Waals surface area contributed by atoms with E-state index in [1.54, 1.807) is 32.9 Å². The van der Waals surface area contributed by atoms with Crippen LogP contribution in [0.2, 0.25) is 0 Å². The van der Waals surface area contributed by atoms with Gasteiger partial charge in [-0.3, -0.25) is 9.47 Å². The summed E-state index contributed by atoms with van der Waals surface area (Å²) in [5.41, 5.74) is 0.0183. The highest BCUT2D eigenvalue weighted by molar-refractivity contribution is 5.94. The second kappa shape index (κ2) is 11.6. The first-order valence-corrected chi connectivity index (χ1v) is 13.3. The lowest BCUT2D eigenvalue weighted by Gasteiger charge is -2.30. The summed E-state index contributed by atoms with van der Waals surface area (Å²) < 4.78 is 52.3. The normalized spacial score (nSPS) is 16.4. The van der Waals surface area contributed by atoms with Crippen LogP contribution in [0.4, 0.5) is 31.2 Å². The molecule has 0 N–H and O–H groups in total. The topological polar surface area (TPSA) is 120 Å². The molecule has 2 fully saturated rings. The van der Waals surface area contributed by atoms with Crippen molar-refractivity contribution in [1.82, 2.24) is 24.5 Å². The first kappa shape index (κ1) is 28.7. The fourth-order valence-corrected chi connectivity index (χ4v) is 4.54. The van der Waals surface area contributed by atoms with E-state index in [9.17, 15) is 13.6 Å². The maximum atomic E-state index is 14.5. The van der Waals surface area contributed by atoms with Gasteiger partial charge in [-0.1, -0.05) is 0 Å². The van der Waals surface area contributed by atoms with Gasteiger partial charge >= 0.3 is 6.09 Å². The number of hydrogen-bond donors (Lipinski definition) is 0. The number of methoxy groups -OCH3 is 1. The Morgan fingerprint density at radius 2 is 1.46 bits per heavy atom. The average molecular weight is 577 g/mol. The molecular weight excluding hydrogens is 542 g/mol. The number of aromatic nitrogens is 5. The smallest absolute Gasteiger partial charge is 0.414 e. The molecule has 0 aliphatic carbocycles. The first-order valence-electron chi connectivity index (χ1n) is 13.3. The molecule has 2 aromatic heterocycles. The fourth-order valence-electron chi connectivity index (χ4n) is 4.54. The molecular formula is C26H34F2N8O5. The van der Waals surface area contributed by atoms with Gasteiger partial charge in [-0.15, -0.1) is 0 Å². The largest absolute Gasteiger partial charge is 0.494 e. The second-order valence-electron chi connectivity index (χ2n) is 10.6. The Kier molecular flexibility index (Phi) is 8.09. The number of amides is 1. The van der Waals surface area contributed by atoms with Crippen LogP contribution in [0.5, 0.6) is 5.75 Å². The third kappa shape index (κ3) is 6.10. The van der Waals surface area contributed by atoms with Crippen LogP contribution >= 0.6 is 0 Å². The van der Waals surface area contributed by atoms with Gasteiger partial charge in [-0.25, -0.2) is 18.6 Å². The van der Waals surface area contributed by atoms with E-state index in [-0.39, 0.29) is 22.7 Å². The van der Waals surface area contributed by atoms with E-state index in [1.807, 2.05) is 9.80 Å². The minimum absolute atomic E-state index is 0.0279. The minimum Gasteiger partial charge on any atom is -0.494 e. The van der Waals surface area contributed by atoms with Crippen molar-refractivity contribution in [2.45, 2.75) is 32.8 Å². The quantitative estimate of drug-likeness (QED) is 0.430. The average Bonchev–Trinajstić information content (AvgIpc) is 3.36. The molecule has 3 aromatic rings. The second-order valence-corrected chi connectivity index (χ2v) is 10.6. The number of carbonyl (C=O) groups excluding carboxylic acids is 1. The molecule has 13 nitrogen and oxygen atoms in total. The summed E-state index contributed by atoms with van der Waals surface area (Å²) in [4.78, 5) is 36.2. The predicted octanol–water partition coefficient (Wildman–Crippen LogP) is 3.20. The highest BCUT2D eigenvalue weighted by atomic mass is 19.3. The molecule has 1 aromatic carbocycles. The predicted molar refractivity (Wildman–Crippen MR) is 147 cm³/mol. The molecule has 0 atom stereocenters. The number of nitrogens with zero attached hydrogens (tertiary/aromatic N) is 8. The summed E-state index contributed by atoms with van der Waals surface area (Å²) in [7, 11) is 2.93. The monoisotopic (exact) mass is 576 g/mol. The summed E-state index contributed by atoms with van der Waals surface area (Å²) in [6.45, 7) is 9.37. The number of halogens is 2. The molecule has 0 radical (unpaired) electrons. The van der Waals surface area contributed by atoms with Crippen LogP contribution in [0.25, 0.3) is 17.0 Å². The number of alkyl halides is 2. The van der Waals surface area contributed by atoms with Gasteiger partial charge in [0.25, 0.3) is 6.43 Å². The van der Waals surface area contributed by atoms with Gasteiger partial charge in [0.2, 0.25) is 17.8 Å². The number of carbonyl (C=O) groups is 1. The summed E-state index contributed by atoms with van der Waals surface area (Å²) in [6.07, 6.45) is -3.59. The molecule has 0 spiro atoms. The van der Waals surface area contributed by atoms with Crippen molar-refractivity contribution < 1.29 is 32.5 Å². The lowest BCUT2D eigenvalue weighted by Crippen LogP contribution is -2.40. The fraction of sp³-hybridized carbons (Fsp3) is 0.577. The summed E-state index contributed by atoms with van der Waals surface area (Å²) >= 11 is 0. The lowest BCUT2D eigenvalue weighted by atomic mass is 10.2. The minimum atomic E-state index is -2.96. The van der Waals surface area contributed by atoms with Gasteiger partial charge in [0.1, 0.15) is 16.9 Å². The molecule has 2 aliphatic heterocycles. The molecule has 0 unspecified atom stereocenters. The maximum Gasteiger partial charge on any atom is 0.414 e. The van der Waals surface area contributed by atoms with Crippen LogP contribution in [0, 0.1) is 0 Å². The Morgan fingerprint density at radius 3 is 1.95 bits per heavy atom. The van der Waals surface area contributed by atoms with E-state index in [0.717, 1.165) is 0 Å². The number of rotatable bonds is 6. The lowest BCUT2D eigenvalue weighted by molar-refractivity contribution is 0.0589. The van der Waals surface area contributed by atoms with E-state index in [4.69, 9.17) is 18.9 Å². The van der Waals surface area contributed by atoms with Gasteiger partial charge in [0, 0.05) is 39.3 Å². The number of imidazole rings is 1. The number of ether oxygens (including phenoxy) is 4. The van der Waals surface area contributed by atoms with Crippen LogP contribution in [-0.2, 0) is 14.2 Å². The van der Waals surface area contributed by atoms with Crippen LogP contribution < -0.4 is 19.4 Å². The van der Waals surface area contributed by atoms with Gasteiger partial charge in [0.05, 0.1) is 44.7 Å². The van der Waals surface area contributed by atoms with Crippen molar-refractivity contribution in [3.8, 4) is 11.7 Å². The van der Waals surface area contributed by atoms with Crippen LogP contribution in [0.1, 0.15) is 33.0 Å². The first-order chi connectivity index (χ1) is 19.6. The zero-order chi connectivity index (χ0) is 29.3. The highest BCUT2D eigenvalue weighted by Crippen LogP contribution is 2.36. The number of hydrogen-bond acceptors (Lipinski definition) is 11. The van der Waals surface area contributed by atoms with Crippen LogP contribution in [-0.4, -0.2) is 103 Å². The molecule has 15 heteroatoms. The van der Waals surface area contributed by atoms with E-state index < -0.39 is 23.9 Å². The van der Waals surface area contributed by atoms with Gasteiger partial charge in [0.15, 0.2) is 5.82 Å². The Bertz CT molecular complexity index is 1360.